The highest BCUT2D eigenvalue weighted by molar-refractivity contribution is 6.04. The number of fused-ring (bicyclic) bond motifs is 1. The Morgan fingerprint density at radius 3 is 2.39 bits per heavy atom. The van der Waals surface area contributed by atoms with Crippen LogP contribution < -0.4 is 15.5 Å². The third-order valence-corrected chi connectivity index (χ3v) is 3.93. The van der Waals surface area contributed by atoms with Gasteiger partial charge in [-0.15, -0.1) is 0 Å². The van der Waals surface area contributed by atoms with Crippen LogP contribution in [0.5, 0.6) is 0 Å². The molecule has 2 aromatic rings. The summed E-state index contributed by atoms with van der Waals surface area (Å²) in [6, 6.07) is 12.8. The number of anilines is 3. The second-order valence-electron chi connectivity index (χ2n) is 5.73. The molecule has 0 aliphatic carbocycles. The summed E-state index contributed by atoms with van der Waals surface area (Å²) in [5.74, 6) is -0.295. The zero-order chi connectivity index (χ0) is 16.4. The third kappa shape index (κ3) is 3.34. The lowest BCUT2D eigenvalue weighted by Crippen LogP contribution is -2.13. The van der Waals surface area contributed by atoms with Gasteiger partial charge < -0.3 is 15.5 Å². The SMILES string of the molecule is CC(=O)Nc1ccc(C(=O)Nc2ccc3c(c2)CCN3C)cc1. The Bertz CT molecular complexity index is 753. The van der Waals surface area contributed by atoms with Crippen molar-refractivity contribution >= 4 is 28.9 Å². The molecule has 3 rings (SSSR count). The van der Waals surface area contributed by atoms with Gasteiger partial charge in [0.05, 0.1) is 0 Å². The Balaban J connectivity index is 1.71. The molecule has 0 saturated heterocycles. The highest BCUT2D eigenvalue weighted by atomic mass is 16.2. The lowest BCUT2D eigenvalue weighted by molar-refractivity contribution is -0.114. The number of amides is 2. The molecule has 0 fully saturated rings. The molecule has 23 heavy (non-hydrogen) atoms. The zero-order valence-electron chi connectivity index (χ0n) is 13.2. The van der Waals surface area contributed by atoms with E-state index in [1.807, 2.05) is 18.2 Å². The van der Waals surface area contributed by atoms with Crippen LogP contribution in [0.25, 0.3) is 0 Å². The van der Waals surface area contributed by atoms with Crippen molar-refractivity contribution in [3.63, 3.8) is 0 Å². The van der Waals surface area contributed by atoms with Crippen LogP contribution >= 0.6 is 0 Å². The fraction of sp³-hybridized carbons (Fsp3) is 0.222. The molecular formula is C18H19N3O2. The number of likely N-dealkylation sites (N-methyl/N-ethyl adjacent to an activating group) is 1. The van der Waals surface area contributed by atoms with Crippen LogP contribution in [0, 0.1) is 0 Å². The van der Waals surface area contributed by atoms with E-state index >= 15 is 0 Å². The summed E-state index contributed by atoms with van der Waals surface area (Å²) in [5.41, 5.74) is 4.51. The van der Waals surface area contributed by atoms with Crippen molar-refractivity contribution in [2.75, 3.05) is 29.1 Å². The van der Waals surface area contributed by atoms with Gasteiger partial charge in [0.1, 0.15) is 0 Å². The van der Waals surface area contributed by atoms with Gasteiger partial charge in [0.2, 0.25) is 5.91 Å². The van der Waals surface area contributed by atoms with Gasteiger partial charge in [0, 0.05) is 43.1 Å². The molecule has 0 saturated carbocycles. The van der Waals surface area contributed by atoms with Crippen LogP contribution in [-0.4, -0.2) is 25.4 Å². The number of rotatable bonds is 3. The maximum Gasteiger partial charge on any atom is 0.255 e. The molecule has 1 aliphatic rings. The Kier molecular flexibility index (Phi) is 4.02. The van der Waals surface area contributed by atoms with Crippen LogP contribution in [0.2, 0.25) is 0 Å². The normalized spacial score (nSPS) is 12.7. The number of nitrogens with one attached hydrogen (secondary N) is 2. The minimum atomic E-state index is -0.161. The van der Waals surface area contributed by atoms with E-state index < -0.39 is 0 Å². The summed E-state index contributed by atoms with van der Waals surface area (Å²) in [6.45, 7) is 2.46. The Morgan fingerprint density at radius 1 is 1.00 bits per heavy atom. The molecule has 2 aromatic carbocycles. The number of nitrogens with zero attached hydrogens (tertiary/aromatic N) is 1. The van der Waals surface area contributed by atoms with Crippen LogP contribution in [0.4, 0.5) is 17.1 Å². The molecule has 0 unspecified atom stereocenters. The average Bonchev–Trinajstić information content (AvgIpc) is 2.88. The summed E-state index contributed by atoms with van der Waals surface area (Å²) in [7, 11) is 2.07. The van der Waals surface area contributed by atoms with E-state index in [0.717, 1.165) is 18.7 Å². The van der Waals surface area contributed by atoms with E-state index in [-0.39, 0.29) is 11.8 Å². The molecule has 0 radical (unpaired) electrons. The van der Waals surface area contributed by atoms with Gasteiger partial charge in [-0.05, 0) is 54.4 Å². The largest absolute Gasteiger partial charge is 0.374 e. The Labute approximate surface area is 135 Å². The second-order valence-corrected chi connectivity index (χ2v) is 5.73. The first-order valence-corrected chi connectivity index (χ1v) is 7.56. The monoisotopic (exact) mass is 309 g/mol. The summed E-state index contributed by atoms with van der Waals surface area (Å²) in [4.78, 5) is 25.5. The molecule has 0 aromatic heterocycles. The molecule has 1 heterocycles. The van der Waals surface area contributed by atoms with E-state index in [1.54, 1.807) is 24.3 Å². The van der Waals surface area contributed by atoms with Gasteiger partial charge in [-0.25, -0.2) is 0 Å². The summed E-state index contributed by atoms with van der Waals surface area (Å²) in [6.07, 6.45) is 1.00. The molecule has 5 nitrogen and oxygen atoms in total. The number of benzene rings is 2. The number of carbonyl (C=O) groups excluding carboxylic acids is 2. The van der Waals surface area contributed by atoms with Crippen molar-refractivity contribution < 1.29 is 9.59 Å². The van der Waals surface area contributed by atoms with Crippen LogP contribution in [0.3, 0.4) is 0 Å². The van der Waals surface area contributed by atoms with E-state index in [0.29, 0.717) is 11.3 Å². The van der Waals surface area contributed by atoms with E-state index in [1.165, 1.54) is 18.2 Å². The number of carbonyl (C=O) groups is 2. The molecule has 0 spiro atoms. The fourth-order valence-electron chi connectivity index (χ4n) is 2.76. The first-order valence-electron chi connectivity index (χ1n) is 7.56. The van der Waals surface area contributed by atoms with Crippen LogP contribution in [0.1, 0.15) is 22.8 Å². The fourth-order valence-corrected chi connectivity index (χ4v) is 2.76. The van der Waals surface area contributed by atoms with Gasteiger partial charge in [-0.1, -0.05) is 0 Å². The zero-order valence-corrected chi connectivity index (χ0v) is 13.2. The van der Waals surface area contributed by atoms with Gasteiger partial charge in [0.15, 0.2) is 0 Å². The topological polar surface area (TPSA) is 61.4 Å². The van der Waals surface area contributed by atoms with Gasteiger partial charge in [-0.2, -0.15) is 0 Å². The third-order valence-electron chi connectivity index (χ3n) is 3.93. The van der Waals surface area contributed by atoms with Crippen LogP contribution in [-0.2, 0) is 11.2 Å². The highest BCUT2D eigenvalue weighted by Crippen LogP contribution is 2.29. The first-order chi connectivity index (χ1) is 11.0. The Hall–Kier alpha value is -2.82. The van der Waals surface area contributed by atoms with Crippen LogP contribution in [0.15, 0.2) is 42.5 Å². The van der Waals surface area contributed by atoms with Gasteiger partial charge >= 0.3 is 0 Å². The minimum absolute atomic E-state index is 0.134. The van der Waals surface area contributed by atoms with E-state index in [9.17, 15) is 9.59 Å². The van der Waals surface area contributed by atoms with E-state index in [4.69, 9.17) is 0 Å². The minimum Gasteiger partial charge on any atom is -0.374 e. The van der Waals surface area contributed by atoms with Crippen molar-refractivity contribution in [3.8, 4) is 0 Å². The number of hydrogen-bond donors (Lipinski definition) is 2. The molecule has 118 valence electrons. The predicted molar refractivity (Wildman–Crippen MR) is 92.1 cm³/mol. The maximum absolute atomic E-state index is 12.3. The molecular weight excluding hydrogens is 290 g/mol. The lowest BCUT2D eigenvalue weighted by atomic mass is 10.1. The lowest BCUT2D eigenvalue weighted by Gasteiger charge is -2.12. The smallest absolute Gasteiger partial charge is 0.255 e. The molecule has 5 heteroatoms. The average molecular weight is 309 g/mol. The predicted octanol–water partition coefficient (Wildman–Crippen LogP) is 2.89. The quantitative estimate of drug-likeness (QED) is 0.916. The molecule has 0 bridgehead atoms. The number of hydrogen-bond acceptors (Lipinski definition) is 3. The van der Waals surface area contributed by atoms with Crippen molar-refractivity contribution in [3.05, 3.63) is 53.6 Å². The molecule has 1 aliphatic heterocycles. The van der Waals surface area contributed by atoms with Crippen molar-refractivity contribution in [1.29, 1.82) is 0 Å². The van der Waals surface area contributed by atoms with E-state index in [2.05, 4.69) is 22.6 Å². The molecule has 0 atom stereocenters. The molecule has 2 N–H and O–H groups in total. The van der Waals surface area contributed by atoms with Gasteiger partial charge in [0.25, 0.3) is 5.91 Å². The summed E-state index contributed by atoms with van der Waals surface area (Å²) in [5, 5.41) is 5.60. The summed E-state index contributed by atoms with van der Waals surface area (Å²) >= 11 is 0. The second kappa shape index (κ2) is 6.12. The standard InChI is InChI=1S/C18H19N3O2/c1-12(22)19-15-5-3-13(4-6-15)18(23)20-16-7-8-17-14(11-16)9-10-21(17)2/h3-8,11H,9-10H2,1-2H3,(H,19,22)(H,20,23). The molecule has 2 amide bonds. The van der Waals surface area contributed by atoms with Crippen molar-refractivity contribution in [2.24, 2.45) is 0 Å². The van der Waals surface area contributed by atoms with Crippen molar-refractivity contribution in [2.45, 2.75) is 13.3 Å². The highest BCUT2D eigenvalue weighted by Gasteiger charge is 2.16. The van der Waals surface area contributed by atoms with Gasteiger partial charge in [-0.3, -0.25) is 9.59 Å². The summed E-state index contributed by atoms with van der Waals surface area (Å²) < 4.78 is 0. The maximum atomic E-state index is 12.3. The first kappa shape index (κ1) is 15.1. The van der Waals surface area contributed by atoms with Crippen molar-refractivity contribution in [1.82, 2.24) is 0 Å². The Morgan fingerprint density at radius 2 is 1.70 bits per heavy atom.